The molecule has 1 aliphatic rings. The largest absolute Gasteiger partial charge is 0.383 e. The van der Waals surface area contributed by atoms with Gasteiger partial charge in [0.15, 0.2) is 0 Å². The first-order valence-corrected chi connectivity index (χ1v) is 9.35. The van der Waals surface area contributed by atoms with E-state index in [9.17, 15) is 9.59 Å². The van der Waals surface area contributed by atoms with E-state index in [-0.39, 0.29) is 17.9 Å². The molecule has 27 heavy (non-hydrogen) atoms. The summed E-state index contributed by atoms with van der Waals surface area (Å²) >= 11 is 0. The average Bonchev–Trinajstić information content (AvgIpc) is 3.04. The second-order valence-corrected chi connectivity index (χ2v) is 7.25. The highest BCUT2D eigenvalue weighted by molar-refractivity contribution is 6.07. The molecule has 2 N–H and O–H groups in total. The summed E-state index contributed by atoms with van der Waals surface area (Å²) < 4.78 is 7.23. The van der Waals surface area contributed by atoms with Gasteiger partial charge in [0.05, 0.1) is 12.2 Å². The molecule has 1 fully saturated rings. The molecular weight excluding hydrogens is 344 g/mol. The van der Waals surface area contributed by atoms with Crippen LogP contribution in [0.5, 0.6) is 0 Å². The van der Waals surface area contributed by atoms with Gasteiger partial charge in [-0.05, 0) is 19.9 Å². The van der Waals surface area contributed by atoms with E-state index < -0.39 is 6.04 Å². The lowest BCUT2D eigenvalue weighted by molar-refractivity contribution is -0.126. The SMILES string of the molecule is COCCn1cc(C(=O)N2CCN(C(C)C)C(C(N)=O)C2)c2ccccc21. The Labute approximate surface area is 159 Å². The first-order valence-electron chi connectivity index (χ1n) is 9.35. The van der Waals surface area contributed by atoms with Crippen LogP contribution >= 0.6 is 0 Å². The predicted octanol–water partition coefficient (Wildman–Crippen LogP) is 1.31. The van der Waals surface area contributed by atoms with E-state index in [0.29, 0.717) is 38.3 Å². The molecule has 1 aromatic heterocycles. The maximum atomic E-state index is 13.3. The second kappa shape index (κ2) is 8.10. The maximum absolute atomic E-state index is 13.3. The number of fused-ring (bicyclic) bond motifs is 1. The third kappa shape index (κ3) is 3.84. The minimum absolute atomic E-state index is 0.0583. The van der Waals surface area contributed by atoms with Gasteiger partial charge in [0.25, 0.3) is 5.91 Å². The minimum Gasteiger partial charge on any atom is -0.383 e. The number of primary amides is 1. The number of nitrogens with two attached hydrogens (primary N) is 1. The summed E-state index contributed by atoms with van der Waals surface area (Å²) in [5, 5.41) is 0.917. The number of methoxy groups -OCH3 is 1. The van der Waals surface area contributed by atoms with Crippen molar-refractivity contribution in [2.75, 3.05) is 33.4 Å². The van der Waals surface area contributed by atoms with E-state index in [0.717, 1.165) is 10.9 Å². The van der Waals surface area contributed by atoms with Gasteiger partial charge < -0.3 is 19.9 Å². The van der Waals surface area contributed by atoms with E-state index in [1.807, 2.05) is 48.9 Å². The smallest absolute Gasteiger partial charge is 0.256 e. The molecule has 7 heteroatoms. The number of carbonyl (C=O) groups is 2. The predicted molar refractivity (Wildman–Crippen MR) is 105 cm³/mol. The first kappa shape index (κ1) is 19.4. The van der Waals surface area contributed by atoms with Gasteiger partial charge in [-0.15, -0.1) is 0 Å². The van der Waals surface area contributed by atoms with E-state index >= 15 is 0 Å². The molecule has 3 rings (SSSR count). The summed E-state index contributed by atoms with van der Waals surface area (Å²) in [6, 6.07) is 7.61. The number of aromatic nitrogens is 1. The van der Waals surface area contributed by atoms with Crippen LogP contribution in [-0.2, 0) is 16.1 Å². The maximum Gasteiger partial charge on any atom is 0.256 e. The van der Waals surface area contributed by atoms with Gasteiger partial charge >= 0.3 is 0 Å². The van der Waals surface area contributed by atoms with Crippen LogP contribution in [0.25, 0.3) is 10.9 Å². The van der Waals surface area contributed by atoms with Crippen molar-refractivity contribution < 1.29 is 14.3 Å². The summed E-state index contributed by atoms with van der Waals surface area (Å²) in [6.45, 7) is 6.87. The molecule has 146 valence electrons. The van der Waals surface area contributed by atoms with Gasteiger partial charge in [-0.1, -0.05) is 18.2 Å². The van der Waals surface area contributed by atoms with Crippen LogP contribution in [0, 0.1) is 0 Å². The zero-order valence-electron chi connectivity index (χ0n) is 16.2. The van der Waals surface area contributed by atoms with Gasteiger partial charge in [-0.25, -0.2) is 0 Å². The fourth-order valence-corrected chi connectivity index (χ4v) is 3.82. The summed E-state index contributed by atoms with van der Waals surface area (Å²) in [4.78, 5) is 29.0. The average molecular weight is 372 g/mol. The van der Waals surface area contributed by atoms with E-state index in [1.54, 1.807) is 12.0 Å². The number of nitrogens with zero attached hydrogens (tertiary/aromatic N) is 3. The van der Waals surface area contributed by atoms with Crippen molar-refractivity contribution in [3.63, 3.8) is 0 Å². The number of carbonyl (C=O) groups excluding carboxylic acids is 2. The molecule has 0 spiro atoms. The van der Waals surface area contributed by atoms with Crippen LogP contribution in [0.2, 0.25) is 0 Å². The van der Waals surface area contributed by atoms with E-state index in [2.05, 4.69) is 4.90 Å². The molecule has 1 aliphatic heterocycles. The molecule has 7 nitrogen and oxygen atoms in total. The molecular formula is C20H28N4O3. The molecule has 0 bridgehead atoms. The molecule has 1 saturated heterocycles. The van der Waals surface area contributed by atoms with Gasteiger partial charge in [-0.3, -0.25) is 14.5 Å². The van der Waals surface area contributed by atoms with Crippen LogP contribution < -0.4 is 5.73 Å². The summed E-state index contributed by atoms with van der Waals surface area (Å²) in [6.07, 6.45) is 1.89. The fourth-order valence-electron chi connectivity index (χ4n) is 3.82. The summed E-state index contributed by atoms with van der Waals surface area (Å²) in [7, 11) is 1.66. The van der Waals surface area contributed by atoms with Crippen LogP contribution in [-0.4, -0.2) is 71.6 Å². The zero-order valence-corrected chi connectivity index (χ0v) is 16.2. The quantitative estimate of drug-likeness (QED) is 0.829. The Morgan fingerprint density at radius 3 is 2.67 bits per heavy atom. The number of ether oxygens (including phenoxy) is 1. The standard InChI is InChI=1S/C20H28N4O3/c1-14(2)24-9-8-23(13-18(24)19(21)25)20(26)16-12-22(10-11-27-3)17-7-5-4-6-15(16)17/h4-7,12,14,18H,8-11,13H2,1-3H3,(H2,21,25). The minimum atomic E-state index is -0.454. The molecule has 2 heterocycles. The lowest BCUT2D eigenvalue weighted by Gasteiger charge is -2.41. The third-order valence-corrected chi connectivity index (χ3v) is 5.26. The molecule has 0 aliphatic carbocycles. The summed E-state index contributed by atoms with van der Waals surface area (Å²) in [5.41, 5.74) is 7.27. The Balaban J connectivity index is 1.89. The lowest BCUT2D eigenvalue weighted by Crippen LogP contribution is -2.61. The molecule has 1 atom stereocenters. The summed E-state index contributed by atoms with van der Waals surface area (Å²) in [5.74, 6) is -0.444. The molecule has 0 saturated carbocycles. The molecule has 0 radical (unpaired) electrons. The zero-order chi connectivity index (χ0) is 19.6. The molecule has 2 aromatic rings. The highest BCUT2D eigenvalue weighted by Gasteiger charge is 2.35. The Kier molecular flexibility index (Phi) is 5.82. The Hall–Kier alpha value is -2.38. The number of hydrogen-bond donors (Lipinski definition) is 1. The van der Waals surface area contributed by atoms with E-state index in [1.165, 1.54) is 0 Å². The lowest BCUT2D eigenvalue weighted by atomic mass is 10.1. The molecule has 2 amide bonds. The number of amides is 2. The second-order valence-electron chi connectivity index (χ2n) is 7.25. The normalized spacial score (nSPS) is 18.4. The van der Waals surface area contributed by atoms with Crippen LogP contribution in [0.1, 0.15) is 24.2 Å². The number of hydrogen-bond acceptors (Lipinski definition) is 4. The van der Waals surface area contributed by atoms with Crippen molar-refractivity contribution >= 4 is 22.7 Å². The Morgan fingerprint density at radius 2 is 2.00 bits per heavy atom. The van der Waals surface area contributed by atoms with Gasteiger partial charge in [0, 0.05) is 56.4 Å². The number of benzene rings is 1. The molecule has 1 aromatic carbocycles. The van der Waals surface area contributed by atoms with Gasteiger partial charge in [0.1, 0.15) is 6.04 Å². The monoisotopic (exact) mass is 372 g/mol. The number of piperazine rings is 1. The van der Waals surface area contributed by atoms with Crippen molar-refractivity contribution in [3.05, 3.63) is 36.0 Å². The molecule has 1 unspecified atom stereocenters. The van der Waals surface area contributed by atoms with Gasteiger partial charge in [-0.2, -0.15) is 0 Å². The van der Waals surface area contributed by atoms with Crippen molar-refractivity contribution in [2.45, 2.75) is 32.5 Å². The first-order chi connectivity index (χ1) is 12.9. The Bertz CT molecular complexity index is 830. The van der Waals surface area contributed by atoms with E-state index in [4.69, 9.17) is 10.5 Å². The topological polar surface area (TPSA) is 80.8 Å². The highest BCUT2D eigenvalue weighted by Crippen LogP contribution is 2.24. The van der Waals surface area contributed by atoms with Crippen LogP contribution in [0.3, 0.4) is 0 Å². The van der Waals surface area contributed by atoms with Crippen molar-refractivity contribution in [3.8, 4) is 0 Å². The van der Waals surface area contributed by atoms with Crippen molar-refractivity contribution in [2.24, 2.45) is 5.73 Å². The number of rotatable bonds is 6. The highest BCUT2D eigenvalue weighted by atomic mass is 16.5. The third-order valence-electron chi connectivity index (χ3n) is 5.26. The van der Waals surface area contributed by atoms with Gasteiger partial charge in [0.2, 0.25) is 5.91 Å². The fraction of sp³-hybridized carbons (Fsp3) is 0.500. The Morgan fingerprint density at radius 1 is 1.26 bits per heavy atom. The van der Waals surface area contributed by atoms with Crippen LogP contribution in [0.4, 0.5) is 0 Å². The van der Waals surface area contributed by atoms with Crippen molar-refractivity contribution in [1.29, 1.82) is 0 Å². The number of para-hydroxylation sites is 1. The van der Waals surface area contributed by atoms with Crippen molar-refractivity contribution in [1.82, 2.24) is 14.4 Å². The van der Waals surface area contributed by atoms with Crippen LogP contribution in [0.15, 0.2) is 30.5 Å².